The highest BCUT2D eigenvalue weighted by Gasteiger charge is 2.03. The zero-order valence-corrected chi connectivity index (χ0v) is 14.5. The molecular weight excluding hydrogens is 330 g/mol. The van der Waals surface area contributed by atoms with E-state index in [9.17, 15) is 4.79 Å². The van der Waals surface area contributed by atoms with E-state index in [2.05, 4.69) is 46.7 Å². The first-order valence-corrected chi connectivity index (χ1v) is 8.61. The highest BCUT2D eigenvalue weighted by molar-refractivity contribution is 7.99. The molecule has 5 heteroatoms. The molecule has 1 aromatic heterocycles. The summed E-state index contributed by atoms with van der Waals surface area (Å²) in [6.45, 7) is 2.08. The summed E-state index contributed by atoms with van der Waals surface area (Å²) in [7, 11) is 0. The van der Waals surface area contributed by atoms with Crippen molar-refractivity contribution in [1.82, 2.24) is 10.4 Å². The minimum Gasteiger partial charge on any atom is -0.266 e. The Morgan fingerprint density at radius 2 is 1.68 bits per heavy atom. The Balaban J connectivity index is 1.57. The van der Waals surface area contributed by atoms with Crippen molar-refractivity contribution < 1.29 is 4.79 Å². The molecule has 0 bridgehead atoms. The number of carbonyl (C=O) groups is 1. The molecule has 1 amide bonds. The van der Waals surface area contributed by atoms with Crippen LogP contribution < -0.4 is 5.43 Å². The average molecular weight is 347 g/mol. The zero-order chi connectivity index (χ0) is 17.5. The van der Waals surface area contributed by atoms with E-state index in [1.54, 1.807) is 42.4 Å². The fourth-order valence-electron chi connectivity index (χ4n) is 2.08. The summed E-state index contributed by atoms with van der Waals surface area (Å²) in [4.78, 5) is 18.2. The van der Waals surface area contributed by atoms with Gasteiger partial charge in [0.1, 0.15) is 5.69 Å². The van der Waals surface area contributed by atoms with Crippen molar-refractivity contribution in [2.45, 2.75) is 16.7 Å². The van der Waals surface area contributed by atoms with Crippen LogP contribution in [0.15, 0.2) is 87.8 Å². The summed E-state index contributed by atoms with van der Waals surface area (Å²) in [5.41, 5.74) is 4.97. The lowest BCUT2D eigenvalue weighted by Crippen LogP contribution is -2.18. The van der Waals surface area contributed by atoms with Gasteiger partial charge in [-0.1, -0.05) is 47.7 Å². The molecule has 0 atom stereocenters. The molecule has 0 saturated carbocycles. The Morgan fingerprint density at radius 1 is 1.00 bits per heavy atom. The van der Waals surface area contributed by atoms with E-state index in [1.165, 1.54) is 10.5 Å². The fourth-order valence-corrected chi connectivity index (χ4v) is 2.90. The van der Waals surface area contributed by atoms with Crippen molar-refractivity contribution >= 4 is 23.9 Å². The number of hydrazone groups is 1. The van der Waals surface area contributed by atoms with Crippen molar-refractivity contribution in [3.63, 3.8) is 0 Å². The number of aryl methyl sites for hydroxylation is 1. The molecule has 0 fully saturated rings. The molecular formula is C20H17N3OS. The van der Waals surface area contributed by atoms with Gasteiger partial charge >= 0.3 is 0 Å². The molecule has 25 heavy (non-hydrogen) atoms. The number of nitrogens with zero attached hydrogens (tertiary/aromatic N) is 2. The Labute approximate surface area is 151 Å². The largest absolute Gasteiger partial charge is 0.289 e. The summed E-state index contributed by atoms with van der Waals surface area (Å²) in [6, 6.07) is 21.6. The maximum Gasteiger partial charge on any atom is 0.289 e. The van der Waals surface area contributed by atoms with Gasteiger partial charge in [0.2, 0.25) is 0 Å². The predicted octanol–water partition coefficient (Wildman–Crippen LogP) is 4.31. The van der Waals surface area contributed by atoms with Gasteiger partial charge in [0.15, 0.2) is 0 Å². The maximum absolute atomic E-state index is 11.8. The van der Waals surface area contributed by atoms with Crippen LogP contribution in [0.3, 0.4) is 0 Å². The molecule has 1 N–H and O–H groups in total. The van der Waals surface area contributed by atoms with Crippen molar-refractivity contribution in [3.05, 3.63) is 89.7 Å². The number of nitrogens with one attached hydrogen (secondary N) is 1. The molecule has 3 aromatic rings. The molecule has 3 rings (SSSR count). The zero-order valence-electron chi connectivity index (χ0n) is 13.7. The summed E-state index contributed by atoms with van der Waals surface area (Å²) in [5, 5.41) is 3.97. The van der Waals surface area contributed by atoms with Gasteiger partial charge in [-0.3, -0.25) is 9.78 Å². The lowest BCUT2D eigenvalue weighted by Gasteiger charge is -2.03. The molecule has 0 radical (unpaired) electrons. The molecule has 1 heterocycles. The highest BCUT2D eigenvalue weighted by atomic mass is 32.2. The number of amides is 1. The summed E-state index contributed by atoms with van der Waals surface area (Å²) < 4.78 is 0. The molecule has 124 valence electrons. The van der Waals surface area contributed by atoms with Gasteiger partial charge in [0, 0.05) is 16.0 Å². The number of pyridine rings is 1. The van der Waals surface area contributed by atoms with Crippen LogP contribution in [0.5, 0.6) is 0 Å². The Bertz CT molecular complexity index is 860. The molecule has 0 aliphatic rings. The van der Waals surface area contributed by atoms with Crippen LogP contribution in [0.1, 0.15) is 21.6 Å². The quantitative estimate of drug-likeness (QED) is 0.553. The van der Waals surface area contributed by atoms with Crippen LogP contribution in [0.2, 0.25) is 0 Å². The van der Waals surface area contributed by atoms with Gasteiger partial charge in [0.05, 0.1) is 6.21 Å². The van der Waals surface area contributed by atoms with Gasteiger partial charge in [0.25, 0.3) is 5.91 Å². The van der Waals surface area contributed by atoms with Crippen molar-refractivity contribution in [1.29, 1.82) is 0 Å². The molecule has 0 saturated heterocycles. The molecule has 2 aromatic carbocycles. The first kappa shape index (κ1) is 16.9. The monoisotopic (exact) mass is 347 g/mol. The van der Waals surface area contributed by atoms with Crippen LogP contribution in [-0.4, -0.2) is 17.1 Å². The van der Waals surface area contributed by atoms with E-state index < -0.39 is 0 Å². The van der Waals surface area contributed by atoms with Crippen LogP contribution >= 0.6 is 11.8 Å². The Morgan fingerprint density at radius 3 is 2.32 bits per heavy atom. The summed E-state index contributed by atoms with van der Waals surface area (Å²) in [5.74, 6) is -0.330. The van der Waals surface area contributed by atoms with E-state index in [0.717, 1.165) is 10.5 Å². The van der Waals surface area contributed by atoms with E-state index in [-0.39, 0.29) is 5.91 Å². The second kappa shape index (κ2) is 8.26. The summed E-state index contributed by atoms with van der Waals surface area (Å²) in [6.07, 6.45) is 3.18. The fraction of sp³-hybridized carbons (Fsp3) is 0.0500. The van der Waals surface area contributed by atoms with Crippen molar-refractivity contribution in [2.75, 3.05) is 0 Å². The third kappa shape index (κ3) is 5.02. The minimum atomic E-state index is -0.330. The number of hydrogen-bond donors (Lipinski definition) is 1. The van der Waals surface area contributed by atoms with Crippen molar-refractivity contribution in [2.24, 2.45) is 5.10 Å². The molecule has 0 unspecified atom stereocenters. The summed E-state index contributed by atoms with van der Waals surface area (Å²) >= 11 is 1.71. The maximum atomic E-state index is 11.8. The Kier molecular flexibility index (Phi) is 5.59. The van der Waals surface area contributed by atoms with E-state index in [4.69, 9.17) is 0 Å². The predicted molar refractivity (Wildman–Crippen MR) is 101 cm³/mol. The lowest BCUT2D eigenvalue weighted by molar-refractivity contribution is 0.0950. The van der Waals surface area contributed by atoms with Gasteiger partial charge in [-0.2, -0.15) is 5.10 Å². The number of aromatic nitrogens is 1. The number of carbonyl (C=O) groups excluding carboxylic acids is 1. The van der Waals surface area contributed by atoms with Gasteiger partial charge in [-0.15, -0.1) is 0 Å². The minimum absolute atomic E-state index is 0.330. The smallest absolute Gasteiger partial charge is 0.266 e. The standard InChI is InChI=1S/C20H17N3OS/c1-15-5-9-17(10-6-15)25-18-11-7-16(8-12-18)14-22-23-20(24)19-4-2-3-13-21-19/h2-14H,1H3,(H,23,24)/b22-14-. The molecule has 0 aliphatic carbocycles. The van der Waals surface area contributed by atoms with Crippen LogP contribution in [-0.2, 0) is 0 Å². The lowest BCUT2D eigenvalue weighted by atomic mass is 10.2. The van der Waals surface area contributed by atoms with E-state index in [1.807, 2.05) is 24.3 Å². The number of benzene rings is 2. The number of rotatable bonds is 5. The molecule has 0 aliphatic heterocycles. The first-order valence-electron chi connectivity index (χ1n) is 7.80. The van der Waals surface area contributed by atoms with Crippen LogP contribution in [0, 0.1) is 6.92 Å². The normalized spacial score (nSPS) is 10.8. The third-order valence-corrected chi connectivity index (χ3v) is 4.43. The van der Waals surface area contributed by atoms with E-state index >= 15 is 0 Å². The average Bonchev–Trinajstić information content (AvgIpc) is 2.66. The van der Waals surface area contributed by atoms with Gasteiger partial charge in [-0.25, -0.2) is 5.43 Å². The van der Waals surface area contributed by atoms with E-state index in [0.29, 0.717) is 5.69 Å². The number of hydrogen-bond acceptors (Lipinski definition) is 4. The first-order chi connectivity index (χ1) is 12.2. The topological polar surface area (TPSA) is 54.4 Å². The van der Waals surface area contributed by atoms with Crippen LogP contribution in [0.25, 0.3) is 0 Å². The second-order valence-corrected chi connectivity index (χ2v) is 6.55. The van der Waals surface area contributed by atoms with Gasteiger partial charge < -0.3 is 0 Å². The van der Waals surface area contributed by atoms with Crippen molar-refractivity contribution in [3.8, 4) is 0 Å². The molecule has 0 spiro atoms. The molecule has 4 nitrogen and oxygen atoms in total. The highest BCUT2D eigenvalue weighted by Crippen LogP contribution is 2.27. The van der Waals surface area contributed by atoms with Crippen LogP contribution in [0.4, 0.5) is 0 Å². The SMILES string of the molecule is Cc1ccc(Sc2ccc(/C=N\NC(=O)c3ccccn3)cc2)cc1. The second-order valence-electron chi connectivity index (χ2n) is 5.40. The van der Waals surface area contributed by atoms with Gasteiger partial charge in [-0.05, 0) is 48.9 Å². The third-order valence-electron chi connectivity index (χ3n) is 3.41. The Hall–Kier alpha value is -2.92.